The second kappa shape index (κ2) is 8.08. The highest BCUT2D eigenvalue weighted by Gasteiger charge is 2.33. The largest absolute Gasteiger partial charge is 0.481 e. The summed E-state index contributed by atoms with van der Waals surface area (Å²) in [6.07, 6.45) is -0.825. The predicted molar refractivity (Wildman–Crippen MR) is 94.1 cm³/mol. The monoisotopic (exact) mass is 378 g/mol. The first-order valence-electron chi connectivity index (χ1n) is 8.88. The number of halogens is 3. The van der Waals surface area contributed by atoms with Crippen molar-refractivity contribution in [1.29, 1.82) is 0 Å². The Morgan fingerprint density at radius 1 is 1.22 bits per heavy atom. The number of pyridine rings is 1. The molecule has 1 saturated heterocycles. The number of hydrogen-bond donors (Lipinski definition) is 1. The summed E-state index contributed by atoms with van der Waals surface area (Å²) in [5, 5.41) is 9.36. The van der Waals surface area contributed by atoms with E-state index >= 15 is 0 Å². The Bertz CT molecular complexity index is 763. The molecular weight excluding hydrogens is 357 g/mol. The van der Waals surface area contributed by atoms with Gasteiger partial charge in [-0.2, -0.15) is 13.2 Å². The third kappa shape index (κ3) is 4.86. The Hall–Kier alpha value is -2.41. The lowest BCUT2D eigenvalue weighted by Crippen LogP contribution is -2.41. The average molecular weight is 378 g/mol. The summed E-state index contributed by atoms with van der Waals surface area (Å²) in [4.78, 5) is 17.8. The van der Waals surface area contributed by atoms with Gasteiger partial charge < -0.3 is 5.11 Å². The third-order valence-corrected chi connectivity index (χ3v) is 4.99. The van der Waals surface area contributed by atoms with E-state index in [4.69, 9.17) is 0 Å². The van der Waals surface area contributed by atoms with Crippen LogP contribution in [-0.2, 0) is 17.4 Å². The zero-order chi connectivity index (χ0) is 19.4. The molecule has 1 N–H and O–H groups in total. The normalized spacial score (nSPS) is 19.6. The van der Waals surface area contributed by atoms with E-state index in [9.17, 15) is 23.1 Å². The molecule has 0 radical (unpaired) electrons. The zero-order valence-electron chi connectivity index (χ0n) is 14.7. The van der Waals surface area contributed by atoms with Gasteiger partial charge in [-0.1, -0.05) is 18.2 Å². The minimum atomic E-state index is -4.38. The number of alkyl halides is 3. The predicted octanol–water partition coefficient (Wildman–Crippen LogP) is 4.18. The number of carboxylic acid groups (broad SMARTS) is 1. The van der Waals surface area contributed by atoms with Gasteiger partial charge in [-0.25, -0.2) is 0 Å². The minimum absolute atomic E-state index is 0.218. The molecule has 0 bridgehead atoms. The van der Waals surface area contributed by atoms with Gasteiger partial charge in [-0.15, -0.1) is 0 Å². The van der Waals surface area contributed by atoms with Crippen LogP contribution in [0.5, 0.6) is 0 Å². The van der Waals surface area contributed by atoms with Gasteiger partial charge in [0.05, 0.1) is 11.5 Å². The van der Waals surface area contributed by atoms with E-state index in [-0.39, 0.29) is 6.04 Å². The lowest BCUT2D eigenvalue weighted by Gasteiger charge is -2.37. The lowest BCUT2D eigenvalue weighted by atomic mass is 9.92. The molecule has 7 heteroatoms. The van der Waals surface area contributed by atoms with Crippen LogP contribution in [0.4, 0.5) is 13.2 Å². The van der Waals surface area contributed by atoms with Crippen LogP contribution in [0.25, 0.3) is 0 Å². The Kier molecular flexibility index (Phi) is 5.79. The van der Waals surface area contributed by atoms with E-state index in [0.29, 0.717) is 25.9 Å². The Balaban J connectivity index is 1.88. The summed E-state index contributed by atoms with van der Waals surface area (Å²) < 4.78 is 38.6. The van der Waals surface area contributed by atoms with Gasteiger partial charge in [-0.05, 0) is 49.2 Å². The Morgan fingerprint density at radius 3 is 2.56 bits per heavy atom. The number of hydrogen-bond acceptors (Lipinski definition) is 3. The summed E-state index contributed by atoms with van der Waals surface area (Å²) in [7, 11) is 0. The highest BCUT2D eigenvalue weighted by Crippen LogP contribution is 2.33. The minimum Gasteiger partial charge on any atom is -0.481 e. The van der Waals surface area contributed by atoms with Crippen molar-refractivity contribution in [1.82, 2.24) is 9.88 Å². The maximum Gasteiger partial charge on any atom is 0.416 e. The molecule has 2 atom stereocenters. The third-order valence-electron chi connectivity index (χ3n) is 4.99. The molecule has 0 amide bonds. The molecule has 27 heavy (non-hydrogen) atoms. The Morgan fingerprint density at radius 2 is 1.96 bits per heavy atom. The zero-order valence-corrected chi connectivity index (χ0v) is 14.7. The Labute approximate surface area is 155 Å². The van der Waals surface area contributed by atoms with Gasteiger partial charge in [0.1, 0.15) is 0 Å². The molecule has 1 aromatic carbocycles. The van der Waals surface area contributed by atoms with Crippen LogP contribution in [0.2, 0.25) is 0 Å². The van der Waals surface area contributed by atoms with E-state index in [1.54, 1.807) is 12.3 Å². The molecule has 1 aromatic heterocycles. The molecule has 1 aliphatic heterocycles. The quantitative estimate of drug-likeness (QED) is 0.848. The molecule has 1 fully saturated rings. The number of benzene rings is 1. The first-order chi connectivity index (χ1) is 12.8. The fourth-order valence-corrected chi connectivity index (χ4v) is 3.56. The summed E-state index contributed by atoms with van der Waals surface area (Å²) in [5.74, 6) is -1.29. The van der Waals surface area contributed by atoms with Crippen LogP contribution in [-0.4, -0.2) is 34.0 Å². The molecule has 4 nitrogen and oxygen atoms in total. The molecule has 144 valence electrons. The molecule has 2 heterocycles. The number of rotatable bonds is 5. The van der Waals surface area contributed by atoms with Crippen LogP contribution >= 0.6 is 0 Å². The fraction of sp³-hybridized carbons (Fsp3) is 0.400. The summed E-state index contributed by atoms with van der Waals surface area (Å²) >= 11 is 0. The second-order valence-corrected chi connectivity index (χ2v) is 6.83. The first-order valence-corrected chi connectivity index (χ1v) is 8.88. The van der Waals surface area contributed by atoms with Crippen LogP contribution in [0.15, 0.2) is 48.7 Å². The fourth-order valence-electron chi connectivity index (χ4n) is 3.56. The topological polar surface area (TPSA) is 53.4 Å². The van der Waals surface area contributed by atoms with Crippen molar-refractivity contribution in [3.63, 3.8) is 0 Å². The van der Waals surface area contributed by atoms with Gasteiger partial charge in [-0.3, -0.25) is 14.7 Å². The SMILES string of the molecule is O=C(O)C1CCCN(C(Cc2ccccn2)c2ccc(C(F)(F)F)cc2)C1. The maximum atomic E-state index is 12.9. The smallest absolute Gasteiger partial charge is 0.416 e. The van der Waals surface area contributed by atoms with Gasteiger partial charge in [0, 0.05) is 30.9 Å². The number of carbonyl (C=O) groups is 1. The van der Waals surface area contributed by atoms with Crippen molar-refractivity contribution in [2.24, 2.45) is 5.92 Å². The van der Waals surface area contributed by atoms with Crippen molar-refractivity contribution in [2.45, 2.75) is 31.5 Å². The van der Waals surface area contributed by atoms with Gasteiger partial charge in [0.25, 0.3) is 0 Å². The average Bonchev–Trinajstić information content (AvgIpc) is 2.66. The van der Waals surface area contributed by atoms with E-state index in [1.807, 2.05) is 12.1 Å². The molecule has 2 unspecified atom stereocenters. The highest BCUT2D eigenvalue weighted by atomic mass is 19.4. The highest BCUT2D eigenvalue weighted by molar-refractivity contribution is 5.70. The summed E-state index contributed by atoms with van der Waals surface area (Å²) in [6.45, 7) is 1.09. The number of nitrogens with zero attached hydrogens (tertiary/aromatic N) is 2. The standard InChI is InChI=1S/C20H21F3N2O2/c21-20(22,23)16-8-6-14(7-9-16)18(12-17-5-1-2-10-24-17)25-11-3-4-15(13-25)19(26)27/h1-2,5-10,15,18H,3-4,11-13H2,(H,26,27). The molecule has 3 rings (SSSR count). The van der Waals surface area contributed by atoms with E-state index < -0.39 is 23.6 Å². The molecule has 0 saturated carbocycles. The van der Waals surface area contributed by atoms with Crippen molar-refractivity contribution in [3.05, 3.63) is 65.5 Å². The van der Waals surface area contributed by atoms with Crippen molar-refractivity contribution < 1.29 is 23.1 Å². The van der Waals surface area contributed by atoms with E-state index in [1.165, 1.54) is 12.1 Å². The van der Waals surface area contributed by atoms with Crippen LogP contribution in [0.3, 0.4) is 0 Å². The van der Waals surface area contributed by atoms with E-state index in [2.05, 4.69) is 9.88 Å². The van der Waals surface area contributed by atoms with Crippen molar-refractivity contribution in [2.75, 3.05) is 13.1 Å². The molecule has 0 spiro atoms. The van der Waals surface area contributed by atoms with Crippen LogP contribution in [0.1, 0.15) is 35.7 Å². The number of piperidine rings is 1. The maximum absolute atomic E-state index is 12.9. The van der Waals surface area contributed by atoms with Crippen molar-refractivity contribution in [3.8, 4) is 0 Å². The van der Waals surface area contributed by atoms with Crippen LogP contribution in [0, 0.1) is 5.92 Å². The van der Waals surface area contributed by atoms with Crippen molar-refractivity contribution >= 4 is 5.97 Å². The van der Waals surface area contributed by atoms with E-state index in [0.717, 1.165) is 29.8 Å². The van der Waals surface area contributed by atoms with Gasteiger partial charge in [0.15, 0.2) is 0 Å². The van der Waals surface area contributed by atoms with Gasteiger partial charge >= 0.3 is 12.1 Å². The second-order valence-electron chi connectivity index (χ2n) is 6.83. The molecule has 0 aliphatic carbocycles. The number of likely N-dealkylation sites (tertiary alicyclic amines) is 1. The summed E-state index contributed by atoms with van der Waals surface area (Å²) in [6, 6.07) is 10.5. The van der Waals surface area contributed by atoms with Crippen LogP contribution < -0.4 is 0 Å². The summed E-state index contributed by atoms with van der Waals surface area (Å²) in [5.41, 5.74) is 0.865. The van der Waals surface area contributed by atoms with Gasteiger partial charge in [0.2, 0.25) is 0 Å². The number of aliphatic carboxylic acids is 1. The molecule has 1 aliphatic rings. The molecule has 2 aromatic rings. The first kappa shape index (κ1) is 19.4. The lowest BCUT2D eigenvalue weighted by molar-refractivity contribution is -0.144. The number of aromatic nitrogens is 1. The number of carboxylic acids is 1. The molecular formula is C20H21F3N2O2.